The van der Waals surface area contributed by atoms with Crippen LogP contribution in [0, 0.1) is 0 Å². The molecule has 1 unspecified atom stereocenters. The fourth-order valence-corrected chi connectivity index (χ4v) is 5.09. The highest BCUT2D eigenvalue weighted by molar-refractivity contribution is 7.09. The van der Waals surface area contributed by atoms with Crippen LogP contribution in [0.5, 0.6) is 0 Å². The first-order valence-corrected chi connectivity index (χ1v) is 10.8. The van der Waals surface area contributed by atoms with Crippen LogP contribution in [0.3, 0.4) is 0 Å². The predicted octanol–water partition coefficient (Wildman–Crippen LogP) is 4.02. The zero-order valence-electron chi connectivity index (χ0n) is 16.0. The largest absolute Gasteiger partial charge is 0.340 e. The van der Waals surface area contributed by atoms with Crippen LogP contribution in [0.2, 0.25) is 0 Å². The molecule has 0 saturated carbocycles. The molecule has 0 aliphatic carbocycles. The lowest BCUT2D eigenvalue weighted by Crippen LogP contribution is -2.41. The lowest BCUT2D eigenvalue weighted by molar-refractivity contribution is -0.132. The zero-order chi connectivity index (χ0) is 19.8. The van der Waals surface area contributed by atoms with Crippen LogP contribution in [0.25, 0.3) is 21.8 Å². The third-order valence-corrected chi connectivity index (χ3v) is 6.69. The molecule has 0 bridgehead atoms. The summed E-state index contributed by atoms with van der Waals surface area (Å²) >= 11 is 1.66. The third-order valence-electron chi connectivity index (χ3n) is 5.75. The van der Waals surface area contributed by atoms with Crippen LogP contribution < -0.4 is 5.43 Å². The Balaban J connectivity index is 1.52. The van der Waals surface area contributed by atoms with Gasteiger partial charge in [-0.1, -0.05) is 24.3 Å². The molecule has 5 nitrogen and oxygen atoms in total. The summed E-state index contributed by atoms with van der Waals surface area (Å²) in [6.45, 7) is 1.71. The smallest absolute Gasteiger partial charge is 0.242 e. The molecule has 0 radical (unpaired) electrons. The van der Waals surface area contributed by atoms with Gasteiger partial charge in [-0.2, -0.15) is 0 Å². The Labute approximate surface area is 172 Å². The van der Waals surface area contributed by atoms with E-state index in [1.54, 1.807) is 11.3 Å². The molecule has 1 fully saturated rings. The number of rotatable bonds is 3. The number of aromatic nitrogens is 2. The molecule has 5 rings (SSSR count). The lowest BCUT2D eigenvalue weighted by Gasteiger charge is -2.32. The van der Waals surface area contributed by atoms with Gasteiger partial charge in [0.2, 0.25) is 5.91 Å². The predicted molar refractivity (Wildman–Crippen MR) is 116 cm³/mol. The van der Waals surface area contributed by atoms with Crippen molar-refractivity contribution < 1.29 is 4.79 Å². The molecule has 1 saturated heterocycles. The summed E-state index contributed by atoms with van der Waals surface area (Å²) in [5.41, 5.74) is 1.62. The van der Waals surface area contributed by atoms with E-state index in [1.807, 2.05) is 69.6 Å². The minimum atomic E-state index is 0.0155. The molecule has 1 amide bonds. The number of piperidine rings is 1. The van der Waals surface area contributed by atoms with Gasteiger partial charge in [0, 0.05) is 41.4 Å². The number of para-hydroxylation sites is 2. The van der Waals surface area contributed by atoms with Crippen molar-refractivity contribution in [2.75, 3.05) is 13.1 Å². The fourth-order valence-electron chi connectivity index (χ4n) is 4.32. The SMILES string of the molecule is O=C(Cn1c2ccccc2c(=O)c2ccccc21)N1CCCC(c2nccs2)C1. The number of thiazole rings is 1. The summed E-state index contributed by atoms with van der Waals surface area (Å²) in [7, 11) is 0. The quantitative estimate of drug-likeness (QED) is 0.486. The topological polar surface area (TPSA) is 55.2 Å². The number of nitrogens with zero attached hydrogens (tertiary/aromatic N) is 3. The van der Waals surface area contributed by atoms with Crippen molar-refractivity contribution in [1.82, 2.24) is 14.5 Å². The second-order valence-corrected chi connectivity index (χ2v) is 8.42. The average molecular weight is 404 g/mol. The Morgan fingerprint density at radius 3 is 2.41 bits per heavy atom. The van der Waals surface area contributed by atoms with Crippen LogP contribution >= 0.6 is 11.3 Å². The summed E-state index contributed by atoms with van der Waals surface area (Å²) in [5.74, 6) is 0.403. The van der Waals surface area contributed by atoms with Crippen LogP contribution in [0.15, 0.2) is 64.9 Å². The van der Waals surface area contributed by atoms with Gasteiger partial charge in [0.05, 0.1) is 16.0 Å². The molecule has 0 N–H and O–H groups in total. The summed E-state index contributed by atoms with van der Waals surface area (Å²) in [4.78, 5) is 32.6. The van der Waals surface area contributed by atoms with Gasteiger partial charge in [0.1, 0.15) is 6.54 Å². The Morgan fingerprint density at radius 1 is 1.07 bits per heavy atom. The average Bonchev–Trinajstić information content (AvgIpc) is 3.32. The Morgan fingerprint density at radius 2 is 1.76 bits per heavy atom. The Bertz CT molecular complexity index is 1190. The van der Waals surface area contributed by atoms with Crippen molar-refractivity contribution in [2.45, 2.75) is 25.3 Å². The van der Waals surface area contributed by atoms with E-state index in [0.717, 1.165) is 35.4 Å². The molecular formula is C23H21N3O2S. The van der Waals surface area contributed by atoms with E-state index in [4.69, 9.17) is 0 Å². The standard InChI is InChI=1S/C23H21N3O2S/c27-21(25-12-5-6-16(14-25)23-24-11-13-29-23)15-26-19-9-3-1-7-17(19)22(28)18-8-2-4-10-20(18)26/h1-4,7-11,13,16H,5-6,12,14-15H2. The number of amides is 1. The fraction of sp³-hybridized carbons (Fsp3) is 0.261. The van der Waals surface area contributed by atoms with Crippen molar-refractivity contribution in [3.63, 3.8) is 0 Å². The van der Waals surface area contributed by atoms with Gasteiger partial charge >= 0.3 is 0 Å². The zero-order valence-corrected chi connectivity index (χ0v) is 16.8. The summed E-state index contributed by atoms with van der Waals surface area (Å²) in [6.07, 6.45) is 3.89. The van der Waals surface area contributed by atoms with E-state index in [2.05, 4.69) is 4.98 Å². The van der Waals surface area contributed by atoms with Gasteiger partial charge in [-0.05, 0) is 37.1 Å². The van der Waals surface area contributed by atoms with E-state index in [1.165, 1.54) is 0 Å². The summed E-state index contributed by atoms with van der Waals surface area (Å²) < 4.78 is 1.99. The van der Waals surface area contributed by atoms with Crippen molar-refractivity contribution in [1.29, 1.82) is 0 Å². The van der Waals surface area contributed by atoms with Crippen LogP contribution in [0.1, 0.15) is 23.8 Å². The van der Waals surface area contributed by atoms with Crippen molar-refractivity contribution >= 4 is 39.0 Å². The number of hydrogen-bond acceptors (Lipinski definition) is 4. The van der Waals surface area contributed by atoms with Gasteiger partial charge in [-0.25, -0.2) is 4.98 Å². The Kier molecular flexibility index (Phi) is 4.64. The molecule has 1 aliphatic heterocycles. The van der Waals surface area contributed by atoms with Gasteiger partial charge in [0.15, 0.2) is 5.43 Å². The molecule has 0 spiro atoms. The van der Waals surface area contributed by atoms with Crippen molar-refractivity contribution in [2.24, 2.45) is 0 Å². The minimum absolute atomic E-state index is 0.0155. The Hall–Kier alpha value is -2.99. The van der Waals surface area contributed by atoms with E-state index in [0.29, 0.717) is 23.2 Å². The second-order valence-electron chi connectivity index (χ2n) is 7.50. The molecule has 1 atom stereocenters. The monoisotopic (exact) mass is 403 g/mol. The minimum Gasteiger partial charge on any atom is -0.340 e. The molecule has 1 aliphatic rings. The molecule has 6 heteroatoms. The number of pyridine rings is 1. The first-order valence-electron chi connectivity index (χ1n) is 9.90. The number of carbonyl (C=O) groups is 1. The molecule has 3 heterocycles. The number of carbonyl (C=O) groups excluding carboxylic acids is 1. The van der Waals surface area contributed by atoms with Crippen LogP contribution in [0.4, 0.5) is 0 Å². The second kappa shape index (κ2) is 7.44. The number of hydrogen-bond donors (Lipinski definition) is 0. The third kappa shape index (κ3) is 3.23. The first-order chi connectivity index (χ1) is 14.2. The molecule has 2 aromatic carbocycles. The number of likely N-dealkylation sites (tertiary alicyclic amines) is 1. The van der Waals surface area contributed by atoms with E-state index in [9.17, 15) is 9.59 Å². The maximum absolute atomic E-state index is 13.3. The van der Waals surface area contributed by atoms with Crippen LogP contribution in [-0.4, -0.2) is 33.4 Å². The number of benzene rings is 2. The summed E-state index contributed by atoms with van der Waals surface area (Å²) in [6, 6.07) is 15.1. The molecule has 4 aromatic rings. The van der Waals surface area contributed by atoms with E-state index >= 15 is 0 Å². The first kappa shape index (κ1) is 18.1. The van der Waals surface area contributed by atoms with Crippen molar-refractivity contribution in [3.05, 3.63) is 75.3 Å². The summed E-state index contributed by atoms with van der Waals surface area (Å²) in [5, 5.41) is 4.41. The lowest BCUT2D eigenvalue weighted by atomic mass is 9.98. The molecule has 29 heavy (non-hydrogen) atoms. The highest BCUT2D eigenvalue weighted by Gasteiger charge is 2.26. The maximum Gasteiger partial charge on any atom is 0.242 e. The normalized spacial score (nSPS) is 17.1. The van der Waals surface area contributed by atoms with Gasteiger partial charge < -0.3 is 9.47 Å². The highest BCUT2D eigenvalue weighted by Crippen LogP contribution is 2.28. The van der Waals surface area contributed by atoms with E-state index in [-0.39, 0.29) is 17.9 Å². The van der Waals surface area contributed by atoms with Gasteiger partial charge in [0.25, 0.3) is 0 Å². The molecule has 2 aromatic heterocycles. The number of fused-ring (bicyclic) bond motifs is 2. The van der Waals surface area contributed by atoms with Crippen LogP contribution in [-0.2, 0) is 11.3 Å². The maximum atomic E-state index is 13.3. The molecule has 146 valence electrons. The van der Waals surface area contributed by atoms with Crippen molar-refractivity contribution in [3.8, 4) is 0 Å². The van der Waals surface area contributed by atoms with E-state index < -0.39 is 0 Å². The molecular weight excluding hydrogens is 382 g/mol. The van der Waals surface area contributed by atoms with Gasteiger partial charge in [-0.15, -0.1) is 11.3 Å². The highest BCUT2D eigenvalue weighted by atomic mass is 32.1. The van der Waals surface area contributed by atoms with Gasteiger partial charge in [-0.3, -0.25) is 9.59 Å².